The molecule has 2 aromatic rings. The summed E-state index contributed by atoms with van der Waals surface area (Å²) >= 11 is 12.1. The minimum Gasteiger partial charge on any atom is -0.465 e. The van der Waals surface area contributed by atoms with Gasteiger partial charge in [0.2, 0.25) is 5.91 Å². The van der Waals surface area contributed by atoms with Crippen molar-refractivity contribution >= 4 is 40.9 Å². The molecule has 1 atom stereocenters. The molecule has 148 valence electrons. The number of halogens is 2. The number of carbonyl (C=O) groups is 2. The van der Waals surface area contributed by atoms with E-state index in [0.29, 0.717) is 36.2 Å². The molecule has 1 heterocycles. The Morgan fingerprint density at radius 1 is 1.00 bits per heavy atom. The Labute approximate surface area is 173 Å². The largest absolute Gasteiger partial charge is 0.465 e. The van der Waals surface area contributed by atoms with Crippen LogP contribution in [0.15, 0.2) is 48.5 Å². The van der Waals surface area contributed by atoms with E-state index < -0.39 is 12.1 Å². The van der Waals surface area contributed by atoms with Gasteiger partial charge in [-0.2, -0.15) is 0 Å². The van der Waals surface area contributed by atoms with Crippen molar-refractivity contribution < 1.29 is 14.7 Å². The number of carboxylic acid groups (broad SMARTS) is 1. The van der Waals surface area contributed by atoms with E-state index in [1.54, 1.807) is 11.0 Å². The molecule has 0 aromatic heterocycles. The van der Waals surface area contributed by atoms with Crippen molar-refractivity contribution in [3.8, 4) is 0 Å². The molecule has 6 nitrogen and oxygen atoms in total. The number of nitrogens with one attached hydrogen (secondary N) is 1. The van der Waals surface area contributed by atoms with Crippen LogP contribution < -0.4 is 10.2 Å². The Morgan fingerprint density at radius 2 is 1.68 bits per heavy atom. The van der Waals surface area contributed by atoms with Gasteiger partial charge in [0.1, 0.15) is 0 Å². The highest BCUT2D eigenvalue weighted by atomic mass is 35.5. The van der Waals surface area contributed by atoms with Crippen LogP contribution in [0.1, 0.15) is 18.0 Å². The third-order valence-corrected chi connectivity index (χ3v) is 5.52. The summed E-state index contributed by atoms with van der Waals surface area (Å²) in [5, 5.41) is 12.6. The molecule has 0 bridgehead atoms. The summed E-state index contributed by atoms with van der Waals surface area (Å²) in [4.78, 5) is 27.8. The zero-order valence-corrected chi connectivity index (χ0v) is 16.7. The maximum Gasteiger partial charge on any atom is 0.405 e. The average molecular weight is 422 g/mol. The number of piperazine rings is 1. The highest BCUT2D eigenvalue weighted by Crippen LogP contribution is 2.28. The molecule has 1 unspecified atom stereocenters. The predicted octanol–water partition coefficient (Wildman–Crippen LogP) is 4.04. The molecule has 1 fully saturated rings. The van der Waals surface area contributed by atoms with Crippen LogP contribution in [-0.2, 0) is 4.79 Å². The van der Waals surface area contributed by atoms with E-state index in [1.165, 1.54) is 0 Å². The van der Waals surface area contributed by atoms with Gasteiger partial charge in [-0.15, -0.1) is 0 Å². The number of amides is 2. The predicted molar refractivity (Wildman–Crippen MR) is 110 cm³/mol. The highest BCUT2D eigenvalue weighted by molar-refractivity contribution is 6.42. The summed E-state index contributed by atoms with van der Waals surface area (Å²) in [7, 11) is 0. The number of carbonyl (C=O) groups excluding carboxylic acids is 1. The lowest BCUT2D eigenvalue weighted by Gasteiger charge is -2.36. The van der Waals surface area contributed by atoms with Crippen LogP contribution in [0.3, 0.4) is 0 Å². The molecule has 2 amide bonds. The molecular weight excluding hydrogens is 401 g/mol. The second-order valence-corrected chi connectivity index (χ2v) is 7.40. The van der Waals surface area contributed by atoms with E-state index in [-0.39, 0.29) is 12.3 Å². The molecule has 0 radical (unpaired) electrons. The van der Waals surface area contributed by atoms with Gasteiger partial charge in [0, 0.05) is 31.9 Å². The van der Waals surface area contributed by atoms with Crippen molar-refractivity contribution in [3.63, 3.8) is 0 Å². The van der Waals surface area contributed by atoms with Gasteiger partial charge in [-0.1, -0.05) is 53.5 Å². The molecule has 0 saturated carbocycles. The lowest BCUT2D eigenvalue weighted by molar-refractivity contribution is -0.132. The molecule has 3 rings (SSSR count). The first-order valence-electron chi connectivity index (χ1n) is 8.96. The third-order valence-electron chi connectivity index (χ3n) is 4.78. The fraction of sp³-hybridized carbons (Fsp3) is 0.300. The quantitative estimate of drug-likeness (QED) is 0.763. The minimum atomic E-state index is -1.15. The van der Waals surface area contributed by atoms with Crippen LogP contribution in [0.2, 0.25) is 10.0 Å². The van der Waals surface area contributed by atoms with E-state index >= 15 is 0 Å². The molecule has 0 aliphatic carbocycles. The molecule has 2 N–H and O–H groups in total. The summed E-state index contributed by atoms with van der Waals surface area (Å²) < 4.78 is 0. The van der Waals surface area contributed by atoms with Gasteiger partial charge < -0.3 is 20.2 Å². The molecule has 2 aromatic carbocycles. The van der Waals surface area contributed by atoms with Gasteiger partial charge in [0.15, 0.2) is 0 Å². The molecule has 1 aliphatic heterocycles. The van der Waals surface area contributed by atoms with Crippen molar-refractivity contribution in [1.29, 1.82) is 0 Å². The third kappa shape index (κ3) is 5.09. The van der Waals surface area contributed by atoms with Gasteiger partial charge in [-0.05, 0) is 23.8 Å². The Bertz CT molecular complexity index is 840. The molecule has 1 aliphatic rings. The first-order chi connectivity index (χ1) is 13.4. The zero-order chi connectivity index (χ0) is 20.1. The lowest BCUT2D eigenvalue weighted by Crippen LogP contribution is -2.49. The van der Waals surface area contributed by atoms with Crippen molar-refractivity contribution in [1.82, 2.24) is 10.2 Å². The number of hydrogen-bond acceptors (Lipinski definition) is 3. The van der Waals surface area contributed by atoms with Crippen LogP contribution in [0.5, 0.6) is 0 Å². The summed E-state index contributed by atoms with van der Waals surface area (Å²) in [5.41, 5.74) is 1.74. The van der Waals surface area contributed by atoms with Crippen molar-refractivity contribution in [2.75, 3.05) is 31.1 Å². The van der Waals surface area contributed by atoms with E-state index in [4.69, 9.17) is 28.3 Å². The van der Waals surface area contributed by atoms with Crippen LogP contribution in [0, 0.1) is 0 Å². The SMILES string of the molecule is O=C(O)NC(CC(=O)N1CCN(c2ccc(Cl)c(Cl)c2)CC1)c1ccccc1. The summed E-state index contributed by atoms with van der Waals surface area (Å²) in [6.45, 7) is 2.47. The van der Waals surface area contributed by atoms with Crippen LogP contribution in [-0.4, -0.2) is 48.2 Å². The second-order valence-electron chi connectivity index (χ2n) is 6.58. The number of benzene rings is 2. The summed E-state index contributed by atoms with van der Waals surface area (Å²) in [6, 6.07) is 14.1. The van der Waals surface area contributed by atoms with Crippen molar-refractivity contribution in [2.45, 2.75) is 12.5 Å². The maximum atomic E-state index is 12.7. The molecule has 1 saturated heterocycles. The average Bonchev–Trinajstić information content (AvgIpc) is 2.70. The van der Waals surface area contributed by atoms with Gasteiger partial charge in [0.05, 0.1) is 22.5 Å². The Balaban J connectivity index is 1.60. The van der Waals surface area contributed by atoms with Crippen LogP contribution >= 0.6 is 23.2 Å². The fourth-order valence-electron chi connectivity index (χ4n) is 3.29. The van der Waals surface area contributed by atoms with E-state index in [2.05, 4.69) is 10.2 Å². The van der Waals surface area contributed by atoms with Crippen molar-refractivity contribution in [2.24, 2.45) is 0 Å². The zero-order valence-electron chi connectivity index (χ0n) is 15.1. The first kappa shape index (κ1) is 20.3. The second kappa shape index (κ2) is 9.17. The maximum absolute atomic E-state index is 12.7. The number of nitrogens with zero attached hydrogens (tertiary/aromatic N) is 2. The van der Waals surface area contributed by atoms with Crippen LogP contribution in [0.25, 0.3) is 0 Å². The minimum absolute atomic E-state index is 0.0728. The smallest absolute Gasteiger partial charge is 0.405 e. The molecule has 28 heavy (non-hydrogen) atoms. The molecular formula is C20H21Cl2N3O3. The Hall–Kier alpha value is -2.44. The van der Waals surface area contributed by atoms with E-state index in [9.17, 15) is 9.59 Å². The topological polar surface area (TPSA) is 72.9 Å². The van der Waals surface area contributed by atoms with E-state index in [0.717, 1.165) is 11.3 Å². The summed E-state index contributed by atoms with van der Waals surface area (Å²) in [5.74, 6) is -0.0728. The Morgan fingerprint density at radius 3 is 2.29 bits per heavy atom. The monoisotopic (exact) mass is 421 g/mol. The lowest BCUT2D eigenvalue weighted by atomic mass is 10.0. The molecule has 0 spiro atoms. The van der Waals surface area contributed by atoms with Gasteiger partial charge in [-0.25, -0.2) is 4.79 Å². The number of rotatable bonds is 5. The van der Waals surface area contributed by atoms with Crippen LogP contribution in [0.4, 0.5) is 10.5 Å². The number of anilines is 1. The Kier molecular flexibility index (Phi) is 6.65. The van der Waals surface area contributed by atoms with E-state index in [1.807, 2.05) is 42.5 Å². The summed E-state index contributed by atoms with van der Waals surface area (Å²) in [6.07, 6.45) is -1.06. The van der Waals surface area contributed by atoms with Gasteiger partial charge in [-0.3, -0.25) is 4.79 Å². The fourth-order valence-corrected chi connectivity index (χ4v) is 3.58. The van der Waals surface area contributed by atoms with Crippen molar-refractivity contribution in [3.05, 3.63) is 64.1 Å². The normalized spacial score (nSPS) is 15.2. The standard InChI is InChI=1S/C20H21Cl2N3O3/c21-16-7-6-15(12-17(16)22)24-8-10-25(11-9-24)19(26)13-18(23-20(27)28)14-4-2-1-3-5-14/h1-7,12,18,23H,8-11,13H2,(H,27,28). The highest BCUT2D eigenvalue weighted by Gasteiger charge is 2.25. The molecule has 8 heteroatoms. The van der Waals surface area contributed by atoms with Gasteiger partial charge >= 0.3 is 6.09 Å². The van der Waals surface area contributed by atoms with Gasteiger partial charge in [0.25, 0.3) is 0 Å². The number of hydrogen-bond donors (Lipinski definition) is 2. The first-order valence-corrected chi connectivity index (χ1v) is 9.72.